The van der Waals surface area contributed by atoms with Crippen LogP contribution in [-0.4, -0.2) is 16.1 Å². The molecule has 226 valence electrons. The van der Waals surface area contributed by atoms with E-state index in [1.807, 2.05) is 23.7 Å². The molecule has 47 heavy (non-hydrogen) atoms. The lowest BCUT2D eigenvalue weighted by Gasteiger charge is -2.17. The summed E-state index contributed by atoms with van der Waals surface area (Å²) in [4.78, 5) is 5.40. The molecule has 6 aromatic carbocycles. The van der Waals surface area contributed by atoms with Crippen molar-refractivity contribution in [3.05, 3.63) is 176 Å². The van der Waals surface area contributed by atoms with E-state index >= 15 is 0 Å². The quantitative estimate of drug-likeness (QED) is 0.154. The van der Waals surface area contributed by atoms with E-state index in [-0.39, 0.29) is 0 Å². The Morgan fingerprint density at radius 2 is 0.745 bits per heavy atom. The van der Waals surface area contributed by atoms with Crippen molar-refractivity contribution in [2.45, 2.75) is 13.8 Å². The van der Waals surface area contributed by atoms with E-state index in [9.17, 15) is 0 Å². The molecular weight excluding hydrogens is 571 g/mol. The number of aromatic nitrogens is 1. The first-order valence-corrected chi connectivity index (χ1v) is 15.9. The smallest absolute Gasteiger partial charge is 0.0794 e. The summed E-state index contributed by atoms with van der Waals surface area (Å²) in [7, 11) is 0. The predicted octanol–water partition coefficient (Wildman–Crippen LogP) is 11.8. The van der Waals surface area contributed by atoms with Gasteiger partial charge in [-0.2, -0.15) is 5.10 Å². The largest absolute Gasteiger partial charge is 0.250 e. The minimum atomic E-state index is 0.834. The molecule has 0 aliphatic carbocycles. The molecule has 7 aromatic rings. The fraction of sp³-hybridized carbons (Fsp3) is 0.0455. The van der Waals surface area contributed by atoms with Crippen LogP contribution in [0.2, 0.25) is 0 Å². The van der Waals surface area contributed by atoms with Gasteiger partial charge in [0.1, 0.15) is 0 Å². The average Bonchev–Trinajstić information content (AvgIpc) is 3.56. The van der Waals surface area contributed by atoms with Crippen LogP contribution in [0.4, 0.5) is 5.69 Å². The summed E-state index contributed by atoms with van der Waals surface area (Å²) in [6.07, 6.45) is 0. The van der Waals surface area contributed by atoms with Crippen LogP contribution in [0.1, 0.15) is 13.8 Å². The Balaban J connectivity index is 1.42. The van der Waals surface area contributed by atoms with Gasteiger partial charge in [0, 0.05) is 22.3 Å². The van der Waals surface area contributed by atoms with Crippen LogP contribution in [0.15, 0.2) is 186 Å². The lowest BCUT2D eigenvalue weighted by atomic mass is 9.91. The third-order valence-corrected chi connectivity index (χ3v) is 8.43. The SMILES string of the molecule is CC(=Nc1c(-c2ccccc2)cc(-c2ccccc2)cc1-c1ccccc1)/C(C)=N/n1c(-c2ccccc2)ccc1-c1ccccc1. The van der Waals surface area contributed by atoms with Crippen LogP contribution in [0.25, 0.3) is 55.9 Å². The molecule has 1 aromatic heterocycles. The van der Waals surface area contributed by atoms with Gasteiger partial charge in [-0.25, -0.2) is 4.68 Å². The highest BCUT2D eigenvalue weighted by Gasteiger charge is 2.17. The van der Waals surface area contributed by atoms with Crippen LogP contribution in [0.5, 0.6) is 0 Å². The number of nitrogens with zero attached hydrogens (tertiary/aromatic N) is 3. The number of hydrogen-bond acceptors (Lipinski definition) is 2. The molecule has 0 atom stereocenters. The van der Waals surface area contributed by atoms with Crippen molar-refractivity contribution in [3.63, 3.8) is 0 Å². The van der Waals surface area contributed by atoms with Crippen molar-refractivity contribution in [2.24, 2.45) is 10.1 Å². The van der Waals surface area contributed by atoms with E-state index in [0.29, 0.717) is 0 Å². The van der Waals surface area contributed by atoms with Crippen molar-refractivity contribution in [2.75, 3.05) is 0 Å². The zero-order valence-corrected chi connectivity index (χ0v) is 26.6. The molecule has 0 amide bonds. The van der Waals surface area contributed by atoms with Crippen LogP contribution < -0.4 is 0 Å². The molecule has 0 spiro atoms. The zero-order valence-electron chi connectivity index (χ0n) is 26.6. The Hall–Kier alpha value is -6.06. The predicted molar refractivity (Wildman–Crippen MR) is 199 cm³/mol. The van der Waals surface area contributed by atoms with Crippen molar-refractivity contribution < 1.29 is 0 Å². The number of rotatable bonds is 8. The van der Waals surface area contributed by atoms with E-state index in [4.69, 9.17) is 10.1 Å². The average molecular weight is 606 g/mol. The van der Waals surface area contributed by atoms with Crippen molar-refractivity contribution >= 4 is 17.1 Å². The zero-order chi connectivity index (χ0) is 32.0. The van der Waals surface area contributed by atoms with Gasteiger partial charge in [0.2, 0.25) is 0 Å². The minimum absolute atomic E-state index is 0.834. The minimum Gasteiger partial charge on any atom is -0.250 e. The first-order valence-electron chi connectivity index (χ1n) is 15.9. The van der Waals surface area contributed by atoms with E-state index in [1.165, 1.54) is 5.56 Å². The maximum atomic E-state index is 5.40. The molecule has 0 radical (unpaired) electrons. The Bertz CT molecular complexity index is 2040. The molecule has 0 unspecified atom stereocenters. The Labute approximate surface area is 276 Å². The maximum Gasteiger partial charge on any atom is 0.0794 e. The summed E-state index contributed by atoms with van der Waals surface area (Å²) in [5, 5.41) is 5.24. The van der Waals surface area contributed by atoms with E-state index < -0.39 is 0 Å². The van der Waals surface area contributed by atoms with Gasteiger partial charge >= 0.3 is 0 Å². The van der Waals surface area contributed by atoms with Gasteiger partial charge in [0.15, 0.2) is 0 Å². The second kappa shape index (κ2) is 13.5. The van der Waals surface area contributed by atoms with Crippen molar-refractivity contribution in [1.82, 2.24) is 4.68 Å². The molecule has 0 saturated carbocycles. The normalized spacial score (nSPS) is 11.9. The summed E-state index contributed by atoms with van der Waals surface area (Å²) in [6.45, 7) is 4.10. The fourth-order valence-electron chi connectivity index (χ4n) is 5.89. The lowest BCUT2D eigenvalue weighted by Crippen LogP contribution is -2.09. The second-order valence-corrected chi connectivity index (χ2v) is 11.5. The molecule has 0 N–H and O–H groups in total. The molecule has 0 aliphatic heterocycles. The third-order valence-electron chi connectivity index (χ3n) is 8.43. The molecular formula is C44H35N3. The molecule has 0 bridgehead atoms. The topological polar surface area (TPSA) is 29.6 Å². The van der Waals surface area contributed by atoms with Crippen LogP contribution in [-0.2, 0) is 0 Å². The fourth-order valence-corrected chi connectivity index (χ4v) is 5.89. The standard InChI is InChI=1S/C44H35N3/c1-32(33(2)46-47-42(37-24-14-6-15-25-37)28-29-43(47)38-26-16-7-17-27-38)45-44-40(35-20-10-4-11-21-35)30-39(34-18-8-3-9-19-34)31-41(44)36-22-12-5-13-23-36/h3-31H,1-2H3/b45-32?,46-33+. The molecule has 0 fully saturated rings. The first-order chi connectivity index (χ1) is 23.2. The Morgan fingerprint density at radius 3 is 1.15 bits per heavy atom. The van der Waals surface area contributed by atoms with Crippen molar-refractivity contribution in [1.29, 1.82) is 0 Å². The Kier molecular flexibility index (Phi) is 8.52. The first kappa shape index (κ1) is 29.6. The van der Waals surface area contributed by atoms with E-state index in [1.54, 1.807) is 0 Å². The highest BCUT2D eigenvalue weighted by molar-refractivity contribution is 6.41. The number of benzene rings is 6. The molecule has 0 aliphatic rings. The van der Waals surface area contributed by atoms with Gasteiger partial charge in [0.05, 0.1) is 28.5 Å². The molecule has 0 saturated heterocycles. The highest BCUT2D eigenvalue weighted by atomic mass is 15.4. The lowest BCUT2D eigenvalue weighted by molar-refractivity contribution is 0.907. The maximum absolute atomic E-state index is 5.40. The van der Waals surface area contributed by atoms with Gasteiger partial charge in [-0.15, -0.1) is 0 Å². The van der Waals surface area contributed by atoms with Crippen LogP contribution in [0.3, 0.4) is 0 Å². The van der Waals surface area contributed by atoms with Gasteiger partial charge in [-0.1, -0.05) is 152 Å². The summed E-state index contributed by atoms with van der Waals surface area (Å²) < 4.78 is 2.05. The van der Waals surface area contributed by atoms with Gasteiger partial charge in [0.25, 0.3) is 0 Å². The van der Waals surface area contributed by atoms with E-state index in [0.717, 1.165) is 67.4 Å². The molecule has 3 nitrogen and oxygen atoms in total. The summed E-state index contributed by atoms with van der Waals surface area (Å²) >= 11 is 0. The molecule has 7 rings (SSSR count). The van der Waals surface area contributed by atoms with Gasteiger partial charge in [-0.3, -0.25) is 4.99 Å². The molecule has 3 heteroatoms. The monoisotopic (exact) mass is 605 g/mol. The number of hydrogen-bond donors (Lipinski definition) is 0. The highest BCUT2D eigenvalue weighted by Crippen LogP contribution is 2.43. The third kappa shape index (κ3) is 6.38. The second-order valence-electron chi connectivity index (χ2n) is 11.5. The van der Waals surface area contributed by atoms with Crippen molar-refractivity contribution in [3.8, 4) is 55.9 Å². The number of aliphatic imine (C=N–C) groups is 1. The summed E-state index contributed by atoms with van der Waals surface area (Å²) in [5.74, 6) is 0. The van der Waals surface area contributed by atoms with Gasteiger partial charge in [-0.05, 0) is 60.4 Å². The summed E-state index contributed by atoms with van der Waals surface area (Å²) in [6, 6.07) is 61.3. The van der Waals surface area contributed by atoms with Crippen LogP contribution >= 0.6 is 0 Å². The van der Waals surface area contributed by atoms with Crippen LogP contribution in [0, 0.1) is 0 Å². The Morgan fingerprint density at radius 1 is 0.383 bits per heavy atom. The van der Waals surface area contributed by atoms with E-state index in [2.05, 4.69) is 171 Å². The summed E-state index contributed by atoms with van der Waals surface area (Å²) in [5.41, 5.74) is 13.6. The molecule has 1 heterocycles. The van der Waals surface area contributed by atoms with Gasteiger partial charge < -0.3 is 0 Å².